The van der Waals surface area contributed by atoms with Crippen LogP contribution in [0.2, 0.25) is 19.6 Å². The van der Waals surface area contributed by atoms with Crippen molar-refractivity contribution in [1.82, 2.24) is 9.47 Å². The Hall–Kier alpha value is -0.843. The van der Waals surface area contributed by atoms with Gasteiger partial charge in [-0.05, 0) is 6.92 Å². The Bertz CT molecular complexity index is 260. The van der Waals surface area contributed by atoms with Gasteiger partial charge in [-0.1, -0.05) is 19.6 Å². The van der Waals surface area contributed by atoms with Crippen LogP contribution in [0.5, 0.6) is 0 Å². The molecule has 0 unspecified atom stereocenters. The molecule has 1 heterocycles. The molecule has 0 aliphatic carbocycles. The first-order chi connectivity index (χ1) is 6.38. The van der Waals surface area contributed by atoms with Crippen LogP contribution in [0.1, 0.15) is 6.92 Å². The molecule has 0 aromatic carbocycles. The molecule has 1 aliphatic heterocycles. The summed E-state index contributed by atoms with van der Waals surface area (Å²) in [5.41, 5.74) is 0. The highest BCUT2D eigenvalue weighted by molar-refractivity contribution is 6.77. The summed E-state index contributed by atoms with van der Waals surface area (Å²) in [6, 6.07) is 0. The van der Waals surface area contributed by atoms with Gasteiger partial charge in [0, 0.05) is 19.6 Å². The van der Waals surface area contributed by atoms with Crippen molar-refractivity contribution in [3.05, 3.63) is 0 Å². The number of nitrogens with zero attached hydrogens (tertiary/aromatic N) is 2. The van der Waals surface area contributed by atoms with Crippen LogP contribution in [-0.4, -0.2) is 49.1 Å². The highest BCUT2D eigenvalue weighted by Crippen LogP contribution is 2.14. The summed E-state index contributed by atoms with van der Waals surface area (Å²) >= 11 is 0. The summed E-state index contributed by atoms with van der Waals surface area (Å²) < 4.78 is 1.78. The van der Waals surface area contributed by atoms with E-state index in [2.05, 4.69) is 19.6 Å². The number of likely N-dealkylation sites (N-methyl/N-ethyl adjacent to an activating group) is 1. The van der Waals surface area contributed by atoms with E-state index in [4.69, 9.17) is 0 Å². The molecule has 0 bridgehead atoms. The van der Waals surface area contributed by atoms with Gasteiger partial charge in [-0.2, -0.15) is 0 Å². The summed E-state index contributed by atoms with van der Waals surface area (Å²) in [4.78, 5) is 24.9. The smallest absolute Gasteiger partial charge is 0.311 e. The summed E-state index contributed by atoms with van der Waals surface area (Å²) in [5.74, 6) is -0.640. The number of carbonyl (C=O) groups excluding carboxylic acids is 2. The van der Waals surface area contributed by atoms with Crippen molar-refractivity contribution in [2.75, 3.05) is 19.6 Å². The molecule has 0 aromatic heterocycles. The number of piperazine rings is 1. The van der Waals surface area contributed by atoms with Crippen molar-refractivity contribution in [2.24, 2.45) is 0 Å². The zero-order chi connectivity index (χ0) is 10.9. The van der Waals surface area contributed by atoms with Gasteiger partial charge in [0.2, 0.25) is 0 Å². The maximum atomic E-state index is 11.7. The lowest BCUT2D eigenvalue weighted by Crippen LogP contribution is -2.61. The molecule has 0 spiro atoms. The molecule has 0 saturated carbocycles. The van der Waals surface area contributed by atoms with Gasteiger partial charge in [0.15, 0.2) is 8.24 Å². The third-order valence-corrected chi connectivity index (χ3v) is 4.55. The number of carbonyl (C=O) groups is 2. The van der Waals surface area contributed by atoms with Crippen LogP contribution in [0, 0.1) is 0 Å². The zero-order valence-electron chi connectivity index (χ0n) is 9.33. The van der Waals surface area contributed by atoms with Gasteiger partial charge in [-0.3, -0.25) is 9.59 Å². The minimum atomic E-state index is -1.67. The van der Waals surface area contributed by atoms with Crippen molar-refractivity contribution in [2.45, 2.75) is 26.6 Å². The molecule has 4 nitrogen and oxygen atoms in total. The SMILES string of the molecule is CCN1CCN([Si](C)(C)C)C(=O)C1=O. The molecule has 1 saturated heterocycles. The first-order valence-electron chi connectivity index (χ1n) is 4.98. The fourth-order valence-electron chi connectivity index (χ4n) is 1.62. The van der Waals surface area contributed by atoms with Crippen LogP contribution in [0.4, 0.5) is 0 Å². The van der Waals surface area contributed by atoms with Crippen molar-refractivity contribution in [1.29, 1.82) is 0 Å². The Kier molecular flexibility index (Phi) is 2.99. The van der Waals surface area contributed by atoms with Crippen molar-refractivity contribution >= 4 is 20.0 Å². The number of rotatable bonds is 2. The van der Waals surface area contributed by atoms with Crippen molar-refractivity contribution in [3.63, 3.8) is 0 Å². The van der Waals surface area contributed by atoms with Gasteiger partial charge in [-0.15, -0.1) is 0 Å². The Morgan fingerprint density at radius 1 is 1.14 bits per heavy atom. The predicted octanol–water partition coefficient (Wildman–Crippen LogP) is 0.512. The van der Waals surface area contributed by atoms with Gasteiger partial charge in [0.25, 0.3) is 0 Å². The Morgan fingerprint density at radius 3 is 2.14 bits per heavy atom. The van der Waals surface area contributed by atoms with E-state index in [1.807, 2.05) is 6.92 Å². The molecule has 0 aromatic rings. The lowest BCUT2D eigenvalue weighted by molar-refractivity contribution is -0.152. The molecule has 0 N–H and O–H groups in total. The third kappa shape index (κ3) is 1.97. The van der Waals surface area contributed by atoms with E-state index in [-0.39, 0.29) is 11.8 Å². The molecule has 0 atom stereocenters. The van der Waals surface area contributed by atoms with Crippen LogP contribution in [0.25, 0.3) is 0 Å². The van der Waals surface area contributed by atoms with Crippen molar-refractivity contribution < 1.29 is 9.59 Å². The molecular weight excluding hydrogens is 196 g/mol. The maximum absolute atomic E-state index is 11.7. The summed E-state index contributed by atoms with van der Waals surface area (Å²) in [6.45, 7) is 10.2. The maximum Gasteiger partial charge on any atom is 0.311 e. The largest absolute Gasteiger partial charge is 0.360 e. The monoisotopic (exact) mass is 214 g/mol. The first kappa shape index (κ1) is 11.2. The van der Waals surface area contributed by atoms with Gasteiger partial charge in [0.05, 0.1) is 0 Å². The number of hydrogen-bond acceptors (Lipinski definition) is 2. The van der Waals surface area contributed by atoms with Gasteiger partial charge in [-0.25, -0.2) is 0 Å². The Labute approximate surface area is 86.0 Å². The van der Waals surface area contributed by atoms with E-state index in [1.54, 1.807) is 9.47 Å². The standard InChI is InChI=1S/C9H18N2O2Si/c1-5-10-6-7-11(14(2,3)4)9(13)8(10)12/h5-7H2,1-4H3. The molecule has 2 amide bonds. The molecule has 1 aliphatic rings. The highest BCUT2D eigenvalue weighted by atomic mass is 28.3. The molecule has 14 heavy (non-hydrogen) atoms. The molecule has 5 heteroatoms. The average Bonchev–Trinajstić information content (AvgIpc) is 2.07. The Morgan fingerprint density at radius 2 is 1.71 bits per heavy atom. The van der Waals surface area contributed by atoms with E-state index in [9.17, 15) is 9.59 Å². The lowest BCUT2D eigenvalue weighted by Gasteiger charge is -2.40. The van der Waals surface area contributed by atoms with E-state index < -0.39 is 8.24 Å². The van der Waals surface area contributed by atoms with Gasteiger partial charge in [0.1, 0.15) is 0 Å². The van der Waals surface area contributed by atoms with Crippen LogP contribution in [0.3, 0.4) is 0 Å². The van der Waals surface area contributed by atoms with Crippen LogP contribution in [0.15, 0.2) is 0 Å². The van der Waals surface area contributed by atoms with E-state index in [1.165, 1.54) is 0 Å². The second kappa shape index (κ2) is 3.72. The average molecular weight is 214 g/mol. The summed E-state index contributed by atoms with van der Waals surface area (Å²) in [5, 5.41) is 0. The fourth-order valence-corrected chi connectivity index (χ4v) is 3.09. The van der Waals surface area contributed by atoms with E-state index >= 15 is 0 Å². The van der Waals surface area contributed by atoms with Crippen LogP contribution >= 0.6 is 0 Å². The molecule has 1 rings (SSSR count). The van der Waals surface area contributed by atoms with E-state index in [0.29, 0.717) is 19.6 Å². The topological polar surface area (TPSA) is 40.6 Å². The summed E-state index contributed by atoms with van der Waals surface area (Å²) in [6.07, 6.45) is 0. The van der Waals surface area contributed by atoms with Crippen LogP contribution < -0.4 is 0 Å². The first-order valence-corrected chi connectivity index (χ1v) is 8.43. The zero-order valence-corrected chi connectivity index (χ0v) is 10.3. The number of hydrogen-bond donors (Lipinski definition) is 0. The summed E-state index contributed by atoms with van der Waals surface area (Å²) in [7, 11) is -1.67. The van der Waals surface area contributed by atoms with E-state index in [0.717, 1.165) is 0 Å². The Balaban J connectivity index is 2.80. The number of amides is 2. The second-order valence-electron chi connectivity index (χ2n) is 4.51. The van der Waals surface area contributed by atoms with Crippen molar-refractivity contribution in [3.8, 4) is 0 Å². The highest BCUT2D eigenvalue weighted by Gasteiger charge is 2.38. The second-order valence-corrected chi connectivity index (χ2v) is 9.39. The quantitative estimate of drug-likeness (QED) is 0.496. The van der Waals surface area contributed by atoms with Crippen LogP contribution in [-0.2, 0) is 9.59 Å². The molecule has 0 radical (unpaired) electrons. The van der Waals surface area contributed by atoms with Gasteiger partial charge < -0.3 is 9.47 Å². The normalized spacial score (nSPS) is 19.1. The molecule has 80 valence electrons. The molecule has 1 fully saturated rings. The van der Waals surface area contributed by atoms with Gasteiger partial charge >= 0.3 is 11.8 Å². The third-order valence-electron chi connectivity index (χ3n) is 2.50. The molecular formula is C9H18N2O2Si. The minimum Gasteiger partial charge on any atom is -0.360 e. The lowest BCUT2D eigenvalue weighted by atomic mass is 10.3. The predicted molar refractivity (Wildman–Crippen MR) is 57.3 cm³/mol. The minimum absolute atomic E-state index is 0.308. The fraction of sp³-hybridized carbons (Fsp3) is 0.778.